The van der Waals surface area contributed by atoms with E-state index in [1.165, 1.54) is 0 Å². The molecular formula is C22H24ClN3O2. The van der Waals surface area contributed by atoms with Crippen LogP contribution in [0.5, 0.6) is 0 Å². The van der Waals surface area contributed by atoms with Crippen molar-refractivity contribution in [3.05, 3.63) is 53.3 Å². The van der Waals surface area contributed by atoms with Gasteiger partial charge in [-0.25, -0.2) is 4.98 Å². The van der Waals surface area contributed by atoms with Crippen LogP contribution in [0, 0.1) is 6.92 Å². The number of piperidine rings is 1. The van der Waals surface area contributed by atoms with Gasteiger partial charge in [0.05, 0.1) is 30.0 Å². The van der Waals surface area contributed by atoms with Crippen molar-refractivity contribution in [3.8, 4) is 11.1 Å². The van der Waals surface area contributed by atoms with Gasteiger partial charge in [-0.05, 0) is 49.6 Å². The number of nitrogens with one attached hydrogen (secondary N) is 1. The molecule has 0 unspecified atom stereocenters. The van der Waals surface area contributed by atoms with Crippen LogP contribution in [0.25, 0.3) is 22.2 Å². The number of carbonyl (C=O) groups excluding carboxylic acids is 1. The molecule has 4 rings (SSSR count). The van der Waals surface area contributed by atoms with Crippen LogP contribution in [0.3, 0.4) is 0 Å². The first-order valence-electron chi connectivity index (χ1n) is 9.67. The number of halogens is 1. The lowest BCUT2D eigenvalue weighted by atomic mass is 9.97. The number of benzene rings is 2. The number of hydrogen-bond acceptors (Lipinski definition) is 4. The van der Waals surface area contributed by atoms with Crippen molar-refractivity contribution in [1.29, 1.82) is 0 Å². The molecule has 1 aliphatic rings. The molecule has 0 amide bonds. The maximum Gasteiger partial charge on any atom is 0.154 e. The highest BCUT2D eigenvalue weighted by Crippen LogP contribution is 2.33. The number of aliphatic hydroxyl groups excluding tert-OH is 1. The minimum Gasteiger partial charge on any atom is -0.391 e. The van der Waals surface area contributed by atoms with Crippen LogP contribution in [0.1, 0.15) is 24.8 Å². The number of Topliss-reactive ketones (excluding diaryl/α,β-unsaturated/α-hetero) is 1. The summed E-state index contributed by atoms with van der Waals surface area (Å²) in [7, 11) is 0. The molecule has 1 fully saturated rings. The highest BCUT2D eigenvalue weighted by Gasteiger charge is 2.25. The largest absolute Gasteiger partial charge is 0.391 e. The number of aliphatic hydroxyl groups is 1. The number of hydrogen-bond donors (Lipinski definition) is 2. The Bertz CT molecular complexity index is 1010. The highest BCUT2D eigenvalue weighted by molar-refractivity contribution is 6.33. The van der Waals surface area contributed by atoms with Gasteiger partial charge in [-0.3, -0.25) is 4.79 Å². The smallest absolute Gasteiger partial charge is 0.154 e. The molecule has 1 aliphatic heterocycles. The first-order valence-corrected chi connectivity index (χ1v) is 10.0. The maximum absolute atomic E-state index is 12.6. The van der Waals surface area contributed by atoms with E-state index in [9.17, 15) is 9.90 Å². The van der Waals surface area contributed by atoms with Crippen molar-refractivity contribution in [1.82, 2.24) is 14.9 Å². The Balaban J connectivity index is 1.57. The van der Waals surface area contributed by atoms with Crippen molar-refractivity contribution in [3.63, 3.8) is 0 Å². The Hall–Kier alpha value is -2.21. The van der Waals surface area contributed by atoms with Gasteiger partial charge in [-0.15, -0.1) is 0 Å². The predicted molar refractivity (Wildman–Crippen MR) is 112 cm³/mol. The van der Waals surface area contributed by atoms with Gasteiger partial charge in [0, 0.05) is 23.0 Å². The number of fused-ring (bicyclic) bond motifs is 1. The molecule has 0 bridgehead atoms. The summed E-state index contributed by atoms with van der Waals surface area (Å²) in [5.41, 5.74) is 4.87. The summed E-state index contributed by atoms with van der Waals surface area (Å²) < 4.78 is 1.89. The summed E-state index contributed by atoms with van der Waals surface area (Å²) in [5.74, 6) is 0.0885. The summed E-state index contributed by atoms with van der Waals surface area (Å²) in [6.45, 7) is 3.14. The van der Waals surface area contributed by atoms with Crippen molar-refractivity contribution in [2.45, 2.75) is 44.9 Å². The topological polar surface area (TPSA) is 67.2 Å². The lowest BCUT2D eigenvalue weighted by Gasteiger charge is -2.28. The molecule has 3 aromatic rings. The van der Waals surface area contributed by atoms with Crippen LogP contribution in [0.4, 0.5) is 0 Å². The van der Waals surface area contributed by atoms with Crippen molar-refractivity contribution >= 4 is 28.4 Å². The van der Waals surface area contributed by atoms with E-state index in [4.69, 9.17) is 11.6 Å². The van der Waals surface area contributed by atoms with Gasteiger partial charge < -0.3 is 15.0 Å². The monoisotopic (exact) mass is 397 g/mol. The Morgan fingerprint density at radius 1 is 1.29 bits per heavy atom. The molecule has 0 aliphatic carbocycles. The minimum atomic E-state index is -0.447. The van der Waals surface area contributed by atoms with Gasteiger partial charge >= 0.3 is 0 Å². The standard InChI is InChI=1S/C22H24ClN3O2/c1-14-16(17-5-2-3-6-18(17)23)8-9-20-22(14)25-13-26(20)12-15(27)11-19-21(28)7-4-10-24-19/h2-3,5-6,8-9,13,19,21,24,28H,4,7,10-12H2,1H3/t19-,21+/m1/s1. The second-order valence-electron chi connectivity index (χ2n) is 7.47. The highest BCUT2D eigenvalue weighted by atomic mass is 35.5. The molecule has 6 heteroatoms. The summed E-state index contributed by atoms with van der Waals surface area (Å²) in [6.07, 6.45) is 3.31. The molecule has 1 aromatic heterocycles. The van der Waals surface area contributed by atoms with Gasteiger partial charge in [0.1, 0.15) is 0 Å². The van der Waals surface area contributed by atoms with E-state index in [0.29, 0.717) is 11.4 Å². The third kappa shape index (κ3) is 3.70. The van der Waals surface area contributed by atoms with E-state index in [1.54, 1.807) is 6.33 Å². The summed E-state index contributed by atoms with van der Waals surface area (Å²) in [6, 6.07) is 11.6. The van der Waals surface area contributed by atoms with Gasteiger partial charge in [0.2, 0.25) is 0 Å². The number of ketones is 1. The molecule has 2 aromatic carbocycles. The Morgan fingerprint density at radius 3 is 2.89 bits per heavy atom. The van der Waals surface area contributed by atoms with Crippen LogP contribution in [-0.2, 0) is 11.3 Å². The summed E-state index contributed by atoms with van der Waals surface area (Å²) in [5, 5.41) is 14.0. The van der Waals surface area contributed by atoms with Crippen molar-refractivity contribution in [2.24, 2.45) is 0 Å². The summed E-state index contributed by atoms with van der Waals surface area (Å²) in [4.78, 5) is 17.1. The van der Waals surface area contributed by atoms with Crippen molar-refractivity contribution < 1.29 is 9.90 Å². The number of aryl methyl sites for hydroxylation is 1. The molecule has 146 valence electrons. The van der Waals surface area contributed by atoms with Gasteiger partial charge in [-0.1, -0.05) is 35.9 Å². The third-order valence-corrected chi connectivity index (χ3v) is 5.88. The van der Waals surface area contributed by atoms with Crippen LogP contribution >= 0.6 is 11.6 Å². The Kier molecular flexibility index (Phi) is 5.49. The van der Waals surface area contributed by atoms with Gasteiger partial charge in [0.25, 0.3) is 0 Å². The van der Waals surface area contributed by atoms with Crippen LogP contribution in [0.2, 0.25) is 5.02 Å². The first kappa shape index (κ1) is 19.1. The average molecular weight is 398 g/mol. The Labute approximate surface area is 169 Å². The molecule has 28 heavy (non-hydrogen) atoms. The lowest BCUT2D eigenvalue weighted by Crippen LogP contribution is -2.46. The maximum atomic E-state index is 12.6. The van der Waals surface area contributed by atoms with Crippen LogP contribution in [0.15, 0.2) is 42.7 Å². The SMILES string of the molecule is Cc1c(-c2ccccc2Cl)ccc2c1ncn2CC(=O)C[C@H]1NCCC[C@@H]1O. The van der Waals surface area contributed by atoms with Crippen LogP contribution in [-0.4, -0.2) is 39.1 Å². The normalized spacial score (nSPS) is 19.8. The van der Waals surface area contributed by atoms with E-state index in [1.807, 2.05) is 47.9 Å². The van der Waals surface area contributed by atoms with E-state index >= 15 is 0 Å². The zero-order valence-electron chi connectivity index (χ0n) is 15.9. The average Bonchev–Trinajstić information content (AvgIpc) is 3.08. The quantitative estimate of drug-likeness (QED) is 0.688. The van der Waals surface area contributed by atoms with E-state index < -0.39 is 6.10 Å². The fourth-order valence-corrected chi connectivity index (χ4v) is 4.25. The Morgan fingerprint density at radius 2 is 2.11 bits per heavy atom. The molecule has 2 heterocycles. The third-order valence-electron chi connectivity index (χ3n) is 5.55. The van der Waals surface area contributed by atoms with Crippen LogP contribution < -0.4 is 5.32 Å². The number of aromatic nitrogens is 2. The number of nitrogens with zero attached hydrogens (tertiary/aromatic N) is 2. The second-order valence-corrected chi connectivity index (χ2v) is 7.88. The molecule has 0 saturated carbocycles. The van der Waals surface area contributed by atoms with Gasteiger partial charge in [-0.2, -0.15) is 0 Å². The minimum absolute atomic E-state index is 0.0885. The predicted octanol–water partition coefficient (Wildman–Crippen LogP) is 3.74. The van der Waals surface area contributed by atoms with E-state index in [0.717, 1.165) is 47.1 Å². The molecule has 2 atom stereocenters. The van der Waals surface area contributed by atoms with Gasteiger partial charge in [0.15, 0.2) is 5.78 Å². The number of imidazole rings is 1. The van der Waals surface area contributed by atoms with E-state index in [2.05, 4.69) is 10.3 Å². The number of carbonyl (C=O) groups is 1. The molecule has 0 spiro atoms. The lowest BCUT2D eigenvalue weighted by molar-refractivity contribution is -0.121. The second kappa shape index (κ2) is 8.03. The molecule has 2 N–H and O–H groups in total. The first-order chi connectivity index (χ1) is 13.5. The molecule has 1 saturated heterocycles. The number of rotatable bonds is 5. The van der Waals surface area contributed by atoms with E-state index in [-0.39, 0.29) is 18.4 Å². The zero-order chi connectivity index (χ0) is 19.7. The fraction of sp³-hybridized carbons (Fsp3) is 0.364. The summed E-state index contributed by atoms with van der Waals surface area (Å²) >= 11 is 6.36. The zero-order valence-corrected chi connectivity index (χ0v) is 16.6. The molecule has 0 radical (unpaired) electrons. The molecular weight excluding hydrogens is 374 g/mol. The fourth-order valence-electron chi connectivity index (χ4n) is 4.01. The molecule has 5 nitrogen and oxygen atoms in total. The van der Waals surface area contributed by atoms with Crippen molar-refractivity contribution in [2.75, 3.05) is 6.54 Å².